The molecular formula is C17H21N3O2. The fraction of sp³-hybridized carbons (Fsp3) is 0.294. The largest absolute Gasteiger partial charge is 0.497 e. The van der Waals surface area contributed by atoms with E-state index in [1.54, 1.807) is 20.3 Å². The first-order valence-corrected chi connectivity index (χ1v) is 6.97. The average Bonchev–Trinajstić information content (AvgIpc) is 2.52. The summed E-state index contributed by atoms with van der Waals surface area (Å²) in [4.78, 5) is 2.01. The normalized spacial score (nSPS) is 10.8. The Morgan fingerprint density at radius 1 is 0.864 bits per heavy atom. The summed E-state index contributed by atoms with van der Waals surface area (Å²) in [6, 6.07) is 11.6. The molecular weight excluding hydrogens is 278 g/mol. The first-order chi connectivity index (χ1) is 10.5. The van der Waals surface area contributed by atoms with Crippen LogP contribution in [0.1, 0.15) is 5.56 Å². The number of anilines is 1. The maximum atomic E-state index is 5.33. The van der Waals surface area contributed by atoms with E-state index in [1.165, 1.54) is 0 Å². The van der Waals surface area contributed by atoms with E-state index in [0.717, 1.165) is 22.7 Å². The standard InChI is InChI=1S/C17H21N3O2/c1-12-6-9-16(20(2)3)15(10-12)19-18-14-8-7-13(21-4)11-17(14)22-5/h6-11H,1-5H3. The minimum Gasteiger partial charge on any atom is -0.497 e. The second-order valence-corrected chi connectivity index (χ2v) is 5.12. The van der Waals surface area contributed by atoms with Crippen molar-refractivity contribution in [2.45, 2.75) is 6.92 Å². The van der Waals surface area contributed by atoms with Crippen molar-refractivity contribution < 1.29 is 9.47 Å². The van der Waals surface area contributed by atoms with Crippen molar-refractivity contribution in [3.63, 3.8) is 0 Å². The zero-order valence-electron chi connectivity index (χ0n) is 13.6. The Hall–Kier alpha value is -2.56. The van der Waals surface area contributed by atoms with Crippen molar-refractivity contribution in [1.29, 1.82) is 0 Å². The smallest absolute Gasteiger partial charge is 0.150 e. The monoisotopic (exact) mass is 299 g/mol. The molecule has 0 spiro atoms. The maximum Gasteiger partial charge on any atom is 0.150 e. The van der Waals surface area contributed by atoms with E-state index in [2.05, 4.69) is 16.3 Å². The molecule has 0 heterocycles. The number of hydrogen-bond acceptors (Lipinski definition) is 5. The summed E-state index contributed by atoms with van der Waals surface area (Å²) in [6.07, 6.45) is 0. The minimum atomic E-state index is 0.627. The number of ether oxygens (including phenoxy) is 2. The summed E-state index contributed by atoms with van der Waals surface area (Å²) in [7, 11) is 7.19. The van der Waals surface area contributed by atoms with Crippen LogP contribution in [0.5, 0.6) is 11.5 Å². The van der Waals surface area contributed by atoms with Gasteiger partial charge in [-0.05, 0) is 36.8 Å². The molecule has 0 aromatic heterocycles. The Labute approximate surface area is 131 Å². The molecule has 0 fully saturated rings. The molecule has 22 heavy (non-hydrogen) atoms. The first-order valence-electron chi connectivity index (χ1n) is 6.97. The van der Waals surface area contributed by atoms with Gasteiger partial charge < -0.3 is 14.4 Å². The molecule has 116 valence electrons. The van der Waals surface area contributed by atoms with Gasteiger partial charge in [-0.15, -0.1) is 10.2 Å². The van der Waals surface area contributed by atoms with Gasteiger partial charge in [0.1, 0.15) is 22.9 Å². The summed E-state index contributed by atoms with van der Waals surface area (Å²) in [5.41, 5.74) is 3.64. The molecule has 2 aromatic carbocycles. The summed E-state index contributed by atoms with van der Waals surface area (Å²) in [5, 5.41) is 8.71. The highest BCUT2D eigenvalue weighted by Crippen LogP contribution is 2.34. The van der Waals surface area contributed by atoms with Crippen LogP contribution in [0, 0.1) is 6.92 Å². The molecule has 2 rings (SSSR count). The Balaban J connectivity index is 2.38. The zero-order chi connectivity index (χ0) is 16.1. The van der Waals surface area contributed by atoms with Crippen molar-refractivity contribution in [3.05, 3.63) is 42.0 Å². The number of nitrogens with zero attached hydrogens (tertiary/aromatic N) is 3. The van der Waals surface area contributed by atoms with Gasteiger partial charge in [-0.1, -0.05) is 6.07 Å². The quantitative estimate of drug-likeness (QED) is 0.764. The molecule has 0 saturated heterocycles. The lowest BCUT2D eigenvalue weighted by atomic mass is 10.2. The van der Waals surface area contributed by atoms with Crippen LogP contribution in [0.15, 0.2) is 46.6 Å². The molecule has 2 aromatic rings. The molecule has 0 aliphatic carbocycles. The van der Waals surface area contributed by atoms with Crippen LogP contribution < -0.4 is 14.4 Å². The molecule has 0 amide bonds. The second kappa shape index (κ2) is 6.93. The van der Waals surface area contributed by atoms with Crippen LogP contribution in [0.25, 0.3) is 0 Å². The molecule has 0 saturated carbocycles. The van der Waals surface area contributed by atoms with Gasteiger partial charge in [0.05, 0.1) is 19.9 Å². The lowest BCUT2D eigenvalue weighted by molar-refractivity contribution is 0.395. The minimum absolute atomic E-state index is 0.627. The SMILES string of the molecule is COc1ccc(N=Nc2cc(C)ccc2N(C)C)c(OC)c1. The number of methoxy groups -OCH3 is 2. The Morgan fingerprint density at radius 2 is 1.59 bits per heavy atom. The van der Waals surface area contributed by atoms with Crippen LogP contribution in [-0.2, 0) is 0 Å². The predicted octanol–water partition coefficient (Wildman–Crippen LogP) is 4.49. The predicted molar refractivity (Wildman–Crippen MR) is 89.2 cm³/mol. The van der Waals surface area contributed by atoms with Crippen LogP contribution in [0.4, 0.5) is 17.1 Å². The summed E-state index contributed by atoms with van der Waals surface area (Å²) in [6.45, 7) is 2.03. The van der Waals surface area contributed by atoms with Gasteiger partial charge in [-0.2, -0.15) is 0 Å². The number of hydrogen-bond donors (Lipinski definition) is 0. The van der Waals surface area contributed by atoms with Crippen LogP contribution in [0.3, 0.4) is 0 Å². The van der Waals surface area contributed by atoms with E-state index in [1.807, 2.05) is 50.2 Å². The average molecular weight is 299 g/mol. The van der Waals surface area contributed by atoms with Crippen molar-refractivity contribution in [2.75, 3.05) is 33.2 Å². The van der Waals surface area contributed by atoms with E-state index in [9.17, 15) is 0 Å². The molecule has 0 aliphatic rings. The van der Waals surface area contributed by atoms with Crippen molar-refractivity contribution in [2.24, 2.45) is 10.2 Å². The van der Waals surface area contributed by atoms with Gasteiger partial charge in [0, 0.05) is 20.2 Å². The molecule has 0 unspecified atom stereocenters. The number of benzene rings is 2. The van der Waals surface area contributed by atoms with Gasteiger partial charge in [0.25, 0.3) is 0 Å². The van der Waals surface area contributed by atoms with Gasteiger partial charge in [0.15, 0.2) is 0 Å². The van der Waals surface area contributed by atoms with E-state index >= 15 is 0 Å². The van der Waals surface area contributed by atoms with Gasteiger partial charge in [0.2, 0.25) is 0 Å². The lowest BCUT2D eigenvalue weighted by Crippen LogP contribution is -2.08. The van der Waals surface area contributed by atoms with Crippen molar-refractivity contribution >= 4 is 17.1 Å². The van der Waals surface area contributed by atoms with Gasteiger partial charge >= 0.3 is 0 Å². The second-order valence-electron chi connectivity index (χ2n) is 5.12. The van der Waals surface area contributed by atoms with Crippen molar-refractivity contribution in [1.82, 2.24) is 0 Å². The van der Waals surface area contributed by atoms with E-state index in [0.29, 0.717) is 11.4 Å². The van der Waals surface area contributed by atoms with E-state index in [4.69, 9.17) is 9.47 Å². The fourth-order valence-electron chi connectivity index (χ4n) is 2.07. The highest BCUT2D eigenvalue weighted by atomic mass is 16.5. The third-order valence-corrected chi connectivity index (χ3v) is 3.27. The number of rotatable bonds is 5. The lowest BCUT2D eigenvalue weighted by Gasteiger charge is -2.15. The zero-order valence-corrected chi connectivity index (χ0v) is 13.6. The number of azo groups is 1. The Morgan fingerprint density at radius 3 is 2.23 bits per heavy atom. The highest BCUT2D eigenvalue weighted by molar-refractivity contribution is 5.67. The Kier molecular flexibility index (Phi) is 4.99. The molecule has 0 atom stereocenters. The molecule has 0 bridgehead atoms. The van der Waals surface area contributed by atoms with Crippen LogP contribution in [-0.4, -0.2) is 28.3 Å². The molecule has 5 nitrogen and oxygen atoms in total. The number of aryl methyl sites for hydroxylation is 1. The topological polar surface area (TPSA) is 46.4 Å². The molecule has 5 heteroatoms. The highest BCUT2D eigenvalue weighted by Gasteiger charge is 2.07. The Bertz CT molecular complexity index is 682. The maximum absolute atomic E-state index is 5.33. The third-order valence-electron chi connectivity index (χ3n) is 3.27. The summed E-state index contributed by atoms with van der Waals surface area (Å²) < 4.78 is 10.5. The van der Waals surface area contributed by atoms with Gasteiger partial charge in [-0.25, -0.2) is 0 Å². The molecule has 0 aliphatic heterocycles. The summed E-state index contributed by atoms with van der Waals surface area (Å²) >= 11 is 0. The fourth-order valence-corrected chi connectivity index (χ4v) is 2.07. The van der Waals surface area contributed by atoms with E-state index in [-0.39, 0.29) is 0 Å². The van der Waals surface area contributed by atoms with Crippen LogP contribution >= 0.6 is 0 Å². The molecule has 0 radical (unpaired) electrons. The first kappa shape index (κ1) is 15.8. The van der Waals surface area contributed by atoms with Crippen LogP contribution in [0.2, 0.25) is 0 Å². The molecule has 0 N–H and O–H groups in total. The van der Waals surface area contributed by atoms with Crippen molar-refractivity contribution in [3.8, 4) is 11.5 Å². The third kappa shape index (κ3) is 3.55. The van der Waals surface area contributed by atoms with Gasteiger partial charge in [-0.3, -0.25) is 0 Å². The summed E-state index contributed by atoms with van der Waals surface area (Å²) in [5.74, 6) is 1.35. The van der Waals surface area contributed by atoms with E-state index < -0.39 is 0 Å².